The molecule has 1 unspecified atom stereocenters. The van der Waals surface area contributed by atoms with E-state index in [4.69, 9.17) is 5.53 Å². The number of nitrogens with zero attached hydrogens (tertiary/aromatic N) is 2. The topological polar surface area (TPSA) is 51.5 Å². The number of nitrogens with one attached hydrogen (secondary N) is 2. The van der Waals surface area contributed by atoms with E-state index < -0.39 is 0 Å². The molecule has 0 heterocycles. The molecule has 0 fully saturated rings. The zero-order chi connectivity index (χ0) is 7.28. The lowest BCUT2D eigenvalue weighted by molar-refractivity contribution is 0.348. The van der Waals surface area contributed by atoms with Crippen LogP contribution in [0.1, 0.15) is 6.92 Å². The van der Waals surface area contributed by atoms with Gasteiger partial charge in [0.25, 0.3) is 0 Å². The maximum atomic E-state index is 6.47. The average Bonchev–Trinajstić information content (AvgIpc) is 1.63. The highest BCUT2D eigenvalue weighted by Crippen LogP contribution is 1.82. The molecule has 0 aromatic carbocycles. The third-order valence-electron chi connectivity index (χ3n) is 0.924. The second-order valence-electron chi connectivity index (χ2n) is 2.40. The van der Waals surface area contributed by atoms with Gasteiger partial charge in [-0.3, -0.25) is 5.43 Å². The van der Waals surface area contributed by atoms with E-state index >= 15 is 0 Å². The van der Waals surface area contributed by atoms with E-state index in [2.05, 4.69) is 10.6 Å². The first kappa shape index (κ1) is 8.36. The smallest absolute Gasteiger partial charge is 0.0555 e. The fourth-order valence-electron chi connectivity index (χ4n) is 0.699. The molecule has 0 rings (SSSR count). The number of likely N-dealkylation sites (N-methyl/N-ethyl adjacent to an activating group) is 1. The van der Waals surface area contributed by atoms with Gasteiger partial charge in [-0.05, 0) is 21.0 Å². The van der Waals surface area contributed by atoms with Crippen LogP contribution in [0.25, 0.3) is 0 Å². The summed E-state index contributed by atoms with van der Waals surface area (Å²) in [6.07, 6.45) is 0. The van der Waals surface area contributed by atoms with Crippen molar-refractivity contribution in [2.45, 2.75) is 13.0 Å². The lowest BCUT2D eigenvalue weighted by atomic mass is 10.3. The molecule has 2 N–H and O–H groups in total. The van der Waals surface area contributed by atoms with E-state index in [9.17, 15) is 0 Å². The van der Waals surface area contributed by atoms with E-state index in [1.54, 1.807) is 0 Å². The predicted octanol–water partition coefficient (Wildman–Crippen LogP) is 0.472. The van der Waals surface area contributed by atoms with Crippen molar-refractivity contribution in [3.8, 4) is 0 Å². The Kier molecular flexibility index (Phi) is 3.96. The lowest BCUT2D eigenvalue weighted by Crippen LogP contribution is -2.32. The Morgan fingerprint density at radius 1 is 1.67 bits per heavy atom. The molecule has 0 aliphatic carbocycles. The molecular weight excluding hydrogens is 116 g/mol. The van der Waals surface area contributed by atoms with Gasteiger partial charge in [0.15, 0.2) is 0 Å². The predicted molar refractivity (Wildman–Crippen MR) is 36.3 cm³/mol. The Morgan fingerprint density at radius 2 is 2.22 bits per heavy atom. The summed E-state index contributed by atoms with van der Waals surface area (Å²) < 4.78 is 0. The molecule has 9 heavy (non-hydrogen) atoms. The minimum Gasteiger partial charge on any atom is -0.307 e. The molecule has 0 amide bonds. The molecule has 0 aromatic rings. The van der Waals surface area contributed by atoms with Crippen molar-refractivity contribution in [1.82, 2.24) is 10.3 Å². The fraction of sp³-hybridized carbons (Fsp3) is 1.00. The zero-order valence-corrected chi connectivity index (χ0v) is 6.18. The highest BCUT2D eigenvalue weighted by Gasteiger charge is 1.98. The van der Waals surface area contributed by atoms with Gasteiger partial charge in [0.1, 0.15) is 0 Å². The fourth-order valence-corrected chi connectivity index (χ4v) is 0.699. The minimum atomic E-state index is 0.262. The van der Waals surface area contributed by atoms with Gasteiger partial charge in [-0.1, -0.05) is 5.22 Å². The maximum Gasteiger partial charge on any atom is 0.0555 e. The second kappa shape index (κ2) is 4.26. The summed E-state index contributed by atoms with van der Waals surface area (Å²) in [5.41, 5.74) is 9.10. The van der Waals surface area contributed by atoms with Gasteiger partial charge in [0, 0.05) is 6.54 Å². The van der Waals surface area contributed by atoms with Crippen LogP contribution in [0.2, 0.25) is 0 Å². The summed E-state index contributed by atoms with van der Waals surface area (Å²) in [4.78, 5) is 2.04. The van der Waals surface area contributed by atoms with Crippen LogP contribution in [-0.2, 0) is 0 Å². The summed E-state index contributed by atoms with van der Waals surface area (Å²) in [5, 5.41) is 3.06. The third kappa shape index (κ3) is 5.23. The summed E-state index contributed by atoms with van der Waals surface area (Å²) in [7, 11) is 3.98. The summed E-state index contributed by atoms with van der Waals surface area (Å²) in [5.74, 6) is 0. The lowest BCUT2D eigenvalue weighted by Gasteiger charge is -2.14. The Hall–Kier alpha value is -0.640. The van der Waals surface area contributed by atoms with Crippen LogP contribution in [-0.4, -0.2) is 31.6 Å². The van der Waals surface area contributed by atoms with Gasteiger partial charge < -0.3 is 4.90 Å². The van der Waals surface area contributed by atoms with Gasteiger partial charge in [-0.2, -0.15) is 5.53 Å². The summed E-state index contributed by atoms with van der Waals surface area (Å²) in [6.45, 7) is 2.89. The highest BCUT2D eigenvalue weighted by molar-refractivity contribution is 4.58. The Morgan fingerprint density at radius 3 is 2.56 bits per heavy atom. The molecule has 0 saturated heterocycles. The van der Waals surface area contributed by atoms with Crippen LogP contribution in [0.15, 0.2) is 5.22 Å². The Labute approximate surface area is 55.7 Å². The first-order valence-electron chi connectivity index (χ1n) is 2.93. The van der Waals surface area contributed by atoms with Crippen LogP contribution in [0.4, 0.5) is 0 Å². The van der Waals surface area contributed by atoms with Crippen molar-refractivity contribution < 1.29 is 0 Å². The Balaban J connectivity index is 3.25. The standard InChI is InChI=1S/C5H14N4/c1-5(7-8-6)4-9(2)3/h5H,4H2,1-3H3,(H2,6,7). The monoisotopic (exact) mass is 130 g/mol. The number of hydrogen-bond donors (Lipinski definition) is 2. The van der Waals surface area contributed by atoms with Gasteiger partial charge in [-0.15, -0.1) is 0 Å². The van der Waals surface area contributed by atoms with E-state index in [1.807, 2.05) is 25.9 Å². The molecule has 0 aliphatic rings. The van der Waals surface area contributed by atoms with Crippen molar-refractivity contribution in [3.05, 3.63) is 0 Å². The number of rotatable bonds is 4. The summed E-state index contributed by atoms with van der Waals surface area (Å²) in [6, 6.07) is 0.262. The van der Waals surface area contributed by atoms with Crippen LogP contribution in [0, 0.1) is 5.53 Å². The molecule has 54 valence electrons. The van der Waals surface area contributed by atoms with Gasteiger partial charge in [0.2, 0.25) is 0 Å². The second-order valence-corrected chi connectivity index (χ2v) is 2.40. The van der Waals surface area contributed by atoms with Crippen molar-refractivity contribution in [2.75, 3.05) is 20.6 Å². The van der Waals surface area contributed by atoms with Gasteiger partial charge >= 0.3 is 0 Å². The first-order valence-corrected chi connectivity index (χ1v) is 2.93. The van der Waals surface area contributed by atoms with Crippen LogP contribution in [0.5, 0.6) is 0 Å². The molecule has 1 atom stereocenters. The van der Waals surface area contributed by atoms with E-state index in [0.29, 0.717) is 0 Å². The van der Waals surface area contributed by atoms with Crippen molar-refractivity contribution in [1.29, 1.82) is 5.53 Å². The highest BCUT2D eigenvalue weighted by atomic mass is 15.4. The van der Waals surface area contributed by atoms with Crippen LogP contribution in [0.3, 0.4) is 0 Å². The maximum absolute atomic E-state index is 6.47. The van der Waals surface area contributed by atoms with Crippen LogP contribution < -0.4 is 5.43 Å². The van der Waals surface area contributed by atoms with Gasteiger partial charge in [-0.25, -0.2) is 0 Å². The molecule has 4 heteroatoms. The molecule has 4 nitrogen and oxygen atoms in total. The summed E-state index contributed by atoms with van der Waals surface area (Å²) >= 11 is 0. The Bertz CT molecular complexity index is 81.0. The SMILES string of the molecule is CC(CN(C)C)NN=N. The average molecular weight is 130 g/mol. The number of hydrogen-bond acceptors (Lipinski definition) is 3. The van der Waals surface area contributed by atoms with Crippen LogP contribution >= 0.6 is 0 Å². The van der Waals surface area contributed by atoms with E-state index in [-0.39, 0.29) is 6.04 Å². The molecule has 0 aromatic heterocycles. The largest absolute Gasteiger partial charge is 0.307 e. The van der Waals surface area contributed by atoms with E-state index in [0.717, 1.165) is 6.54 Å². The van der Waals surface area contributed by atoms with Crippen molar-refractivity contribution >= 4 is 0 Å². The quantitative estimate of drug-likeness (QED) is 0.429. The molecule has 0 aliphatic heterocycles. The van der Waals surface area contributed by atoms with E-state index in [1.165, 1.54) is 0 Å². The normalized spacial score (nSPS) is 13.3. The molecule has 0 spiro atoms. The van der Waals surface area contributed by atoms with Crippen molar-refractivity contribution in [3.63, 3.8) is 0 Å². The molecular formula is C5H14N4. The molecule has 0 saturated carbocycles. The zero-order valence-electron chi connectivity index (χ0n) is 6.18. The van der Waals surface area contributed by atoms with Gasteiger partial charge in [0.05, 0.1) is 6.04 Å². The molecule has 0 radical (unpaired) electrons. The third-order valence-corrected chi connectivity index (χ3v) is 0.924. The molecule has 0 bridgehead atoms. The van der Waals surface area contributed by atoms with Crippen molar-refractivity contribution in [2.24, 2.45) is 5.22 Å². The minimum absolute atomic E-state index is 0.262. The first-order chi connectivity index (χ1) is 4.16.